The summed E-state index contributed by atoms with van der Waals surface area (Å²) in [6, 6.07) is 16.8. The number of carbonyl (C=O) groups excluding carboxylic acids is 1. The van der Waals surface area contributed by atoms with Crippen LogP contribution in [0.1, 0.15) is 44.0 Å². The van der Waals surface area contributed by atoms with Crippen molar-refractivity contribution in [2.45, 2.75) is 45.2 Å². The van der Waals surface area contributed by atoms with Gasteiger partial charge in [0.15, 0.2) is 0 Å². The molecule has 0 aliphatic carbocycles. The van der Waals surface area contributed by atoms with E-state index >= 15 is 0 Å². The number of likely N-dealkylation sites (tertiary alicyclic amines) is 1. The number of nitrogens with one attached hydrogen (secondary N) is 1. The number of nitrogens with two attached hydrogens (primary N) is 1. The first-order valence-corrected chi connectivity index (χ1v) is 11.5. The summed E-state index contributed by atoms with van der Waals surface area (Å²) in [5.41, 5.74) is 5.75. The Labute approximate surface area is 200 Å². The fraction of sp³-hybridized carbons (Fsp3) is 0.346. The number of aromatic nitrogens is 2. The number of amides is 1. The summed E-state index contributed by atoms with van der Waals surface area (Å²) in [4.78, 5) is 23.2. The summed E-state index contributed by atoms with van der Waals surface area (Å²) in [7, 11) is 0. The van der Waals surface area contributed by atoms with E-state index in [0.717, 1.165) is 31.7 Å². The number of ether oxygens (including phenoxy) is 2. The molecule has 1 aliphatic heterocycles. The molecule has 1 saturated heterocycles. The van der Waals surface area contributed by atoms with Crippen LogP contribution in [0.4, 0.5) is 5.95 Å². The lowest BCUT2D eigenvalue weighted by Gasteiger charge is -2.41. The molecule has 1 aliphatic rings. The van der Waals surface area contributed by atoms with Crippen molar-refractivity contribution in [3.63, 3.8) is 0 Å². The van der Waals surface area contributed by atoms with Crippen molar-refractivity contribution in [2.24, 2.45) is 5.73 Å². The number of hydrogen-bond donors (Lipinski definition) is 2. The summed E-state index contributed by atoms with van der Waals surface area (Å²) in [6.45, 7) is 8.62. The molecule has 0 saturated carbocycles. The number of benzene rings is 2. The fourth-order valence-corrected chi connectivity index (χ4v) is 3.88. The molecular weight excluding hydrogens is 430 g/mol. The maximum absolute atomic E-state index is 11.9. The average molecular weight is 462 g/mol. The minimum absolute atomic E-state index is 0.0989. The van der Waals surface area contributed by atoms with E-state index in [1.54, 1.807) is 24.3 Å². The van der Waals surface area contributed by atoms with Gasteiger partial charge < -0.3 is 20.5 Å². The predicted molar refractivity (Wildman–Crippen MR) is 132 cm³/mol. The fourth-order valence-electron chi connectivity index (χ4n) is 3.88. The molecule has 178 valence electrons. The van der Waals surface area contributed by atoms with Crippen molar-refractivity contribution in [2.75, 3.05) is 18.4 Å². The molecule has 1 amide bonds. The molecule has 0 bridgehead atoms. The van der Waals surface area contributed by atoms with E-state index in [-0.39, 0.29) is 23.0 Å². The van der Waals surface area contributed by atoms with E-state index < -0.39 is 5.91 Å². The molecule has 8 heteroatoms. The van der Waals surface area contributed by atoms with E-state index in [0.29, 0.717) is 17.4 Å². The minimum Gasteiger partial charge on any atom is -0.457 e. The van der Waals surface area contributed by atoms with Gasteiger partial charge in [0, 0.05) is 24.3 Å². The molecule has 1 aromatic heterocycles. The zero-order valence-corrected chi connectivity index (χ0v) is 19.8. The van der Waals surface area contributed by atoms with E-state index in [2.05, 4.69) is 41.0 Å². The molecule has 1 atom stereocenters. The number of para-hydroxylation sites is 1. The van der Waals surface area contributed by atoms with Crippen LogP contribution in [0, 0.1) is 0 Å². The first kappa shape index (κ1) is 23.5. The Kier molecular flexibility index (Phi) is 6.98. The summed E-state index contributed by atoms with van der Waals surface area (Å²) in [5, 5.41) is 3.40. The van der Waals surface area contributed by atoms with Gasteiger partial charge in [-0.25, -0.2) is 4.98 Å². The highest BCUT2D eigenvalue weighted by Gasteiger charge is 2.28. The Morgan fingerprint density at radius 1 is 1.03 bits per heavy atom. The molecule has 3 aromatic rings. The van der Waals surface area contributed by atoms with E-state index in [1.165, 1.54) is 6.20 Å². The van der Waals surface area contributed by atoms with Gasteiger partial charge in [0.2, 0.25) is 11.8 Å². The van der Waals surface area contributed by atoms with Crippen molar-refractivity contribution in [3.05, 3.63) is 66.4 Å². The van der Waals surface area contributed by atoms with Gasteiger partial charge in [0.05, 0.1) is 0 Å². The number of rotatable bonds is 7. The van der Waals surface area contributed by atoms with Crippen molar-refractivity contribution >= 4 is 11.9 Å². The van der Waals surface area contributed by atoms with Crippen molar-refractivity contribution in [3.8, 4) is 23.1 Å². The van der Waals surface area contributed by atoms with Crippen LogP contribution in [0.2, 0.25) is 0 Å². The molecule has 3 N–H and O–H groups in total. The van der Waals surface area contributed by atoms with E-state index in [4.69, 9.17) is 15.2 Å². The maximum Gasteiger partial charge on any atom is 0.255 e. The van der Waals surface area contributed by atoms with Crippen LogP contribution in [0.15, 0.2) is 60.8 Å². The van der Waals surface area contributed by atoms with Crippen molar-refractivity contribution < 1.29 is 14.3 Å². The number of nitrogens with zero attached hydrogens (tertiary/aromatic N) is 3. The van der Waals surface area contributed by atoms with Gasteiger partial charge in [-0.2, -0.15) is 4.98 Å². The predicted octanol–water partition coefficient (Wildman–Crippen LogP) is 4.83. The Balaban J connectivity index is 1.47. The SMILES string of the molecule is CC(C)(C)N1CCCC(Nc2ncc(C(N)=O)c(Oc3ccc(Oc4ccccc4)cc3)n2)C1. The quantitative estimate of drug-likeness (QED) is 0.519. The number of piperidine rings is 1. The first-order chi connectivity index (χ1) is 16.3. The van der Waals surface area contributed by atoms with Gasteiger partial charge in [-0.05, 0) is 76.6 Å². The van der Waals surface area contributed by atoms with Gasteiger partial charge >= 0.3 is 0 Å². The number of anilines is 1. The highest BCUT2D eigenvalue weighted by Crippen LogP contribution is 2.28. The first-order valence-electron chi connectivity index (χ1n) is 11.5. The molecule has 1 unspecified atom stereocenters. The maximum atomic E-state index is 11.9. The standard InChI is InChI=1S/C26H31N5O3/c1-26(2,3)31-15-7-8-18(17-31)29-25-28-16-22(23(27)32)24(30-25)34-21-13-11-20(12-14-21)33-19-9-5-4-6-10-19/h4-6,9-14,16,18H,7-8,15,17H2,1-3H3,(H2,27,32)(H,28,29,30). The van der Waals surface area contributed by atoms with Crippen molar-refractivity contribution in [1.29, 1.82) is 0 Å². The van der Waals surface area contributed by atoms with E-state index in [9.17, 15) is 4.79 Å². The molecule has 0 spiro atoms. The van der Waals surface area contributed by atoms with E-state index in [1.807, 2.05) is 30.3 Å². The Bertz CT molecular complexity index is 1110. The van der Waals surface area contributed by atoms with Crippen LogP contribution < -0.4 is 20.5 Å². The molecule has 34 heavy (non-hydrogen) atoms. The molecule has 0 radical (unpaired) electrons. The van der Waals surface area contributed by atoms with Crippen LogP contribution in [0.3, 0.4) is 0 Å². The normalized spacial score (nSPS) is 16.6. The number of primary amides is 1. The smallest absolute Gasteiger partial charge is 0.255 e. The lowest BCUT2D eigenvalue weighted by atomic mass is 9.98. The summed E-state index contributed by atoms with van der Waals surface area (Å²) in [5.74, 6) is 1.78. The van der Waals surface area contributed by atoms with Crippen LogP contribution in [0.25, 0.3) is 0 Å². The third-order valence-corrected chi connectivity index (χ3v) is 5.74. The van der Waals surface area contributed by atoms with Crippen LogP contribution in [-0.2, 0) is 0 Å². The van der Waals surface area contributed by atoms with Crippen LogP contribution in [0.5, 0.6) is 23.1 Å². The van der Waals surface area contributed by atoms with Gasteiger partial charge in [-0.3, -0.25) is 9.69 Å². The second kappa shape index (κ2) is 10.1. The second-order valence-corrected chi connectivity index (χ2v) is 9.37. The minimum atomic E-state index is -0.651. The summed E-state index contributed by atoms with van der Waals surface area (Å²) >= 11 is 0. The van der Waals surface area contributed by atoms with Gasteiger partial charge in [0.25, 0.3) is 5.91 Å². The Morgan fingerprint density at radius 3 is 2.32 bits per heavy atom. The monoisotopic (exact) mass is 461 g/mol. The largest absolute Gasteiger partial charge is 0.457 e. The van der Waals surface area contributed by atoms with Crippen molar-refractivity contribution in [1.82, 2.24) is 14.9 Å². The Hall–Kier alpha value is -3.65. The molecular formula is C26H31N5O3. The van der Waals surface area contributed by atoms with Crippen LogP contribution >= 0.6 is 0 Å². The zero-order chi connectivity index (χ0) is 24.1. The second-order valence-electron chi connectivity index (χ2n) is 9.37. The third kappa shape index (κ3) is 6.02. The molecule has 8 nitrogen and oxygen atoms in total. The topological polar surface area (TPSA) is 103 Å². The summed E-state index contributed by atoms with van der Waals surface area (Å²) < 4.78 is 11.7. The third-order valence-electron chi connectivity index (χ3n) is 5.74. The van der Waals surface area contributed by atoms with Gasteiger partial charge in [0.1, 0.15) is 22.8 Å². The summed E-state index contributed by atoms with van der Waals surface area (Å²) in [6.07, 6.45) is 3.52. The molecule has 2 heterocycles. The van der Waals surface area contributed by atoms with Gasteiger partial charge in [-0.15, -0.1) is 0 Å². The highest BCUT2D eigenvalue weighted by atomic mass is 16.5. The van der Waals surface area contributed by atoms with Gasteiger partial charge in [-0.1, -0.05) is 18.2 Å². The number of hydrogen-bond acceptors (Lipinski definition) is 7. The average Bonchev–Trinajstić information content (AvgIpc) is 2.81. The van der Waals surface area contributed by atoms with Crippen LogP contribution in [-0.4, -0.2) is 45.4 Å². The molecule has 2 aromatic carbocycles. The lowest BCUT2D eigenvalue weighted by Crippen LogP contribution is -2.50. The Morgan fingerprint density at radius 2 is 1.68 bits per heavy atom. The highest BCUT2D eigenvalue weighted by molar-refractivity contribution is 5.94. The number of carbonyl (C=O) groups is 1. The molecule has 1 fully saturated rings. The lowest BCUT2D eigenvalue weighted by molar-refractivity contribution is 0.0996. The zero-order valence-electron chi connectivity index (χ0n) is 19.8. The molecule has 4 rings (SSSR count).